The van der Waals surface area contributed by atoms with Crippen molar-refractivity contribution in [3.05, 3.63) is 83.0 Å². The van der Waals surface area contributed by atoms with E-state index < -0.39 is 15.9 Å². The number of anilines is 1. The van der Waals surface area contributed by atoms with Crippen LogP contribution in [0.15, 0.2) is 70.3 Å². The van der Waals surface area contributed by atoms with Crippen LogP contribution in [-0.4, -0.2) is 14.3 Å². The van der Waals surface area contributed by atoms with Crippen LogP contribution in [0.4, 0.5) is 10.1 Å². The molecule has 1 amide bonds. The molecule has 2 aromatic carbocycles. The van der Waals surface area contributed by atoms with E-state index in [1.165, 1.54) is 30.3 Å². The van der Waals surface area contributed by atoms with Crippen molar-refractivity contribution in [2.75, 3.05) is 4.72 Å². The van der Waals surface area contributed by atoms with E-state index in [1.807, 2.05) is 0 Å². The summed E-state index contributed by atoms with van der Waals surface area (Å²) in [5.74, 6) is -0.785. The number of para-hydroxylation sites is 1. The summed E-state index contributed by atoms with van der Waals surface area (Å²) in [5, 5.41) is 4.36. The zero-order valence-electron chi connectivity index (χ0n) is 13.5. The second-order valence-corrected chi connectivity index (χ2v) is 8.25. The fourth-order valence-electron chi connectivity index (χ4n) is 2.26. The third-order valence-corrected chi connectivity index (χ3v) is 6.31. The van der Waals surface area contributed by atoms with Gasteiger partial charge in [-0.25, -0.2) is 12.8 Å². The molecule has 0 fully saturated rings. The summed E-state index contributed by atoms with van der Waals surface area (Å²) in [6.07, 6.45) is 0. The van der Waals surface area contributed by atoms with Crippen molar-refractivity contribution in [2.24, 2.45) is 0 Å². The molecule has 0 unspecified atom stereocenters. The van der Waals surface area contributed by atoms with Crippen LogP contribution < -0.4 is 10.0 Å². The Morgan fingerprint density at radius 3 is 2.42 bits per heavy atom. The first kappa shape index (κ1) is 18.1. The normalized spacial score (nSPS) is 11.1. The second-order valence-electron chi connectivity index (χ2n) is 5.39. The maximum Gasteiger partial charge on any atom is 0.271 e. The van der Waals surface area contributed by atoms with E-state index in [-0.39, 0.29) is 27.8 Å². The van der Waals surface area contributed by atoms with E-state index in [4.69, 9.17) is 0 Å². The minimum absolute atomic E-state index is 0.166. The lowest BCUT2D eigenvalue weighted by atomic mass is 10.1. The standard InChI is InChI=1S/C18H15FN2O3S2/c19-14-9-7-13(8-10-14)12-20-18(22)15-4-1-2-5-16(15)21-26(23,24)17-6-3-11-25-17/h1-11,21H,12H2,(H,20,22). The molecule has 0 aliphatic heterocycles. The van der Waals surface area contributed by atoms with Gasteiger partial charge in [0.2, 0.25) is 0 Å². The topological polar surface area (TPSA) is 75.3 Å². The summed E-state index contributed by atoms with van der Waals surface area (Å²) in [5.41, 5.74) is 1.13. The van der Waals surface area contributed by atoms with E-state index in [1.54, 1.807) is 35.7 Å². The number of rotatable bonds is 6. The Bertz CT molecular complexity index is 1000. The molecule has 0 radical (unpaired) electrons. The zero-order chi connectivity index (χ0) is 18.6. The summed E-state index contributed by atoms with van der Waals surface area (Å²) in [6.45, 7) is 0.200. The number of amides is 1. The average Bonchev–Trinajstić information content (AvgIpc) is 3.17. The largest absolute Gasteiger partial charge is 0.348 e. The van der Waals surface area contributed by atoms with Crippen LogP contribution in [0.1, 0.15) is 15.9 Å². The zero-order valence-corrected chi connectivity index (χ0v) is 15.1. The number of nitrogens with one attached hydrogen (secondary N) is 2. The summed E-state index contributed by atoms with van der Waals surface area (Å²) in [6, 6.07) is 15.2. The van der Waals surface area contributed by atoms with Gasteiger partial charge in [-0.05, 0) is 41.3 Å². The molecule has 8 heteroatoms. The molecule has 0 atom stereocenters. The third-order valence-electron chi connectivity index (χ3n) is 3.54. The van der Waals surface area contributed by atoms with Gasteiger partial charge in [0, 0.05) is 6.54 Å². The molecule has 2 N–H and O–H groups in total. The van der Waals surface area contributed by atoms with Crippen LogP contribution in [0.5, 0.6) is 0 Å². The molecular formula is C18H15FN2O3S2. The van der Waals surface area contributed by atoms with Crippen molar-refractivity contribution in [2.45, 2.75) is 10.8 Å². The molecule has 1 heterocycles. The van der Waals surface area contributed by atoms with Gasteiger partial charge in [-0.1, -0.05) is 30.3 Å². The Kier molecular flexibility index (Phi) is 5.34. The molecule has 26 heavy (non-hydrogen) atoms. The molecule has 0 aliphatic rings. The molecule has 3 aromatic rings. The van der Waals surface area contributed by atoms with E-state index in [0.717, 1.165) is 16.9 Å². The summed E-state index contributed by atoms with van der Waals surface area (Å²) < 4.78 is 40.3. The van der Waals surface area contributed by atoms with Crippen molar-refractivity contribution in [1.82, 2.24) is 5.32 Å². The van der Waals surface area contributed by atoms with Gasteiger partial charge in [-0.15, -0.1) is 11.3 Å². The Hall–Kier alpha value is -2.71. The smallest absolute Gasteiger partial charge is 0.271 e. The highest BCUT2D eigenvalue weighted by atomic mass is 32.2. The van der Waals surface area contributed by atoms with Crippen molar-refractivity contribution < 1.29 is 17.6 Å². The SMILES string of the molecule is O=C(NCc1ccc(F)cc1)c1ccccc1NS(=O)(=O)c1cccs1. The van der Waals surface area contributed by atoms with Crippen molar-refractivity contribution in [3.8, 4) is 0 Å². The summed E-state index contributed by atoms with van der Waals surface area (Å²) >= 11 is 1.09. The first-order chi connectivity index (χ1) is 12.5. The number of sulfonamides is 1. The Balaban J connectivity index is 1.76. The molecule has 3 rings (SSSR count). The number of hydrogen-bond donors (Lipinski definition) is 2. The number of thiophene rings is 1. The number of hydrogen-bond acceptors (Lipinski definition) is 4. The van der Waals surface area contributed by atoms with Gasteiger partial charge in [0.25, 0.3) is 15.9 Å². The van der Waals surface area contributed by atoms with Crippen LogP contribution in [0.2, 0.25) is 0 Å². The summed E-state index contributed by atoms with van der Waals surface area (Å²) in [7, 11) is -3.75. The van der Waals surface area contributed by atoms with Crippen molar-refractivity contribution in [3.63, 3.8) is 0 Å². The van der Waals surface area contributed by atoms with Gasteiger partial charge in [0.15, 0.2) is 0 Å². The van der Waals surface area contributed by atoms with E-state index in [2.05, 4.69) is 10.0 Å². The van der Waals surface area contributed by atoms with Gasteiger partial charge in [-0.3, -0.25) is 9.52 Å². The predicted octanol–water partition coefficient (Wildman–Crippen LogP) is 3.62. The average molecular weight is 390 g/mol. The fraction of sp³-hybridized carbons (Fsp3) is 0.0556. The molecule has 0 spiro atoms. The van der Waals surface area contributed by atoms with E-state index in [0.29, 0.717) is 0 Å². The molecule has 0 bridgehead atoms. The van der Waals surface area contributed by atoms with Gasteiger partial charge in [0.1, 0.15) is 10.0 Å². The molecule has 1 aromatic heterocycles. The Morgan fingerprint density at radius 1 is 1.00 bits per heavy atom. The van der Waals surface area contributed by atoms with Crippen molar-refractivity contribution >= 4 is 33.0 Å². The second kappa shape index (κ2) is 7.67. The van der Waals surface area contributed by atoms with Crippen LogP contribution in [0.25, 0.3) is 0 Å². The van der Waals surface area contributed by atoms with Gasteiger partial charge in [-0.2, -0.15) is 0 Å². The molecule has 0 saturated carbocycles. The van der Waals surface area contributed by atoms with Gasteiger partial charge in [0.05, 0.1) is 11.3 Å². The number of carbonyl (C=O) groups is 1. The maximum atomic E-state index is 12.9. The molecule has 0 saturated heterocycles. The highest BCUT2D eigenvalue weighted by molar-refractivity contribution is 7.94. The predicted molar refractivity (Wildman–Crippen MR) is 99.1 cm³/mol. The highest BCUT2D eigenvalue weighted by Crippen LogP contribution is 2.22. The third kappa shape index (κ3) is 4.27. The number of halogens is 1. The minimum Gasteiger partial charge on any atom is -0.348 e. The highest BCUT2D eigenvalue weighted by Gasteiger charge is 2.19. The lowest BCUT2D eigenvalue weighted by Gasteiger charge is -2.12. The molecule has 5 nitrogen and oxygen atoms in total. The number of carbonyl (C=O) groups excluding carboxylic acids is 1. The van der Waals surface area contributed by atoms with Crippen LogP contribution in [0.3, 0.4) is 0 Å². The van der Waals surface area contributed by atoms with E-state index >= 15 is 0 Å². The monoisotopic (exact) mass is 390 g/mol. The van der Waals surface area contributed by atoms with E-state index in [9.17, 15) is 17.6 Å². The first-order valence-electron chi connectivity index (χ1n) is 7.64. The minimum atomic E-state index is -3.75. The number of benzene rings is 2. The molecule has 0 aliphatic carbocycles. The fourth-order valence-corrected chi connectivity index (χ4v) is 4.33. The van der Waals surface area contributed by atoms with Crippen molar-refractivity contribution in [1.29, 1.82) is 0 Å². The summed E-state index contributed by atoms with van der Waals surface area (Å²) in [4.78, 5) is 12.5. The van der Waals surface area contributed by atoms with Crippen LogP contribution >= 0.6 is 11.3 Å². The first-order valence-corrected chi connectivity index (χ1v) is 10.00. The Morgan fingerprint density at radius 2 is 1.73 bits per heavy atom. The lowest BCUT2D eigenvalue weighted by Crippen LogP contribution is -2.24. The quantitative estimate of drug-likeness (QED) is 0.675. The lowest BCUT2D eigenvalue weighted by molar-refractivity contribution is 0.0952. The molecular weight excluding hydrogens is 375 g/mol. The van der Waals surface area contributed by atoms with Crippen LogP contribution in [-0.2, 0) is 16.6 Å². The Labute approximate surface area is 154 Å². The van der Waals surface area contributed by atoms with Gasteiger partial charge >= 0.3 is 0 Å². The van der Waals surface area contributed by atoms with Gasteiger partial charge < -0.3 is 5.32 Å². The maximum absolute atomic E-state index is 12.9. The van der Waals surface area contributed by atoms with Crippen LogP contribution in [0, 0.1) is 5.82 Å². The molecule has 134 valence electrons.